The van der Waals surface area contributed by atoms with Gasteiger partial charge in [0.15, 0.2) is 0 Å². The molecule has 0 saturated carbocycles. The average Bonchev–Trinajstić information content (AvgIpc) is 2.66. The molecule has 1 unspecified atom stereocenters. The van der Waals surface area contributed by atoms with E-state index >= 15 is 0 Å². The summed E-state index contributed by atoms with van der Waals surface area (Å²) in [6.07, 6.45) is 4.67. The average molecular weight is 332 g/mol. The van der Waals surface area contributed by atoms with Crippen molar-refractivity contribution in [1.82, 2.24) is 10.3 Å². The molecule has 25 heavy (non-hydrogen) atoms. The van der Waals surface area contributed by atoms with Gasteiger partial charge in [0.1, 0.15) is 0 Å². The molecular weight excluding hydrogens is 312 g/mol. The Morgan fingerprint density at radius 2 is 1.76 bits per heavy atom. The zero-order valence-corrected chi connectivity index (χ0v) is 13.9. The van der Waals surface area contributed by atoms with Crippen LogP contribution in [0.1, 0.15) is 27.9 Å². The largest absolute Gasteiger partial charge is 0.352 e. The summed E-state index contributed by atoms with van der Waals surface area (Å²) in [6.45, 7) is 0.653. The summed E-state index contributed by atoms with van der Waals surface area (Å²) < 4.78 is 0. The van der Waals surface area contributed by atoms with Crippen LogP contribution in [0.4, 0.5) is 0 Å². The van der Waals surface area contributed by atoms with Gasteiger partial charge in [-0.1, -0.05) is 42.5 Å². The minimum atomic E-state index is -0.170. The number of aromatic nitrogens is 1. The highest BCUT2D eigenvalue weighted by Gasteiger charge is 2.19. The zero-order chi connectivity index (χ0) is 17.2. The number of aryl methyl sites for hydroxylation is 1. The quantitative estimate of drug-likeness (QED) is 0.774. The van der Waals surface area contributed by atoms with E-state index < -0.39 is 0 Å². The molecule has 0 spiro atoms. The predicted octanol–water partition coefficient (Wildman–Crippen LogP) is 3.06. The number of benzene rings is 2. The Kier molecular flexibility index (Phi) is 4.10. The summed E-state index contributed by atoms with van der Waals surface area (Å²) in [5.41, 5.74) is 3.17. The molecule has 0 fully saturated rings. The molecule has 4 rings (SSSR count). The first kappa shape index (κ1) is 15.6. The topological polar surface area (TPSA) is 62.0 Å². The first-order chi connectivity index (χ1) is 12.2. The first-order valence-electron chi connectivity index (χ1n) is 8.68. The van der Waals surface area contributed by atoms with Gasteiger partial charge < -0.3 is 10.3 Å². The molecule has 3 aromatic rings. The Labute approximate surface area is 145 Å². The normalized spacial score (nSPS) is 16.4. The molecule has 0 saturated heterocycles. The van der Waals surface area contributed by atoms with E-state index in [9.17, 15) is 9.59 Å². The van der Waals surface area contributed by atoms with Crippen LogP contribution < -0.4 is 10.9 Å². The molecule has 1 aliphatic carbocycles. The maximum absolute atomic E-state index is 12.6. The van der Waals surface area contributed by atoms with Crippen LogP contribution in [-0.2, 0) is 12.8 Å². The molecule has 1 aromatic heterocycles. The number of rotatable bonds is 3. The van der Waals surface area contributed by atoms with E-state index in [1.54, 1.807) is 12.1 Å². The fraction of sp³-hybridized carbons (Fsp3) is 0.238. The highest BCUT2D eigenvalue weighted by molar-refractivity contribution is 6.06. The molecule has 2 aromatic carbocycles. The minimum absolute atomic E-state index is 0.133. The summed E-state index contributed by atoms with van der Waals surface area (Å²) in [6, 6.07) is 15.7. The van der Waals surface area contributed by atoms with Crippen LogP contribution >= 0.6 is 0 Å². The third-order valence-electron chi connectivity index (χ3n) is 5.05. The number of hydrogen-bond donors (Lipinski definition) is 2. The number of nitrogens with one attached hydrogen (secondary N) is 2. The van der Waals surface area contributed by atoms with Gasteiger partial charge in [-0.25, -0.2) is 0 Å². The van der Waals surface area contributed by atoms with Gasteiger partial charge in [-0.05, 0) is 42.4 Å². The molecule has 1 aliphatic rings. The van der Waals surface area contributed by atoms with Gasteiger partial charge in [-0.2, -0.15) is 0 Å². The molecule has 0 bridgehead atoms. The monoisotopic (exact) mass is 332 g/mol. The van der Waals surface area contributed by atoms with Gasteiger partial charge >= 0.3 is 0 Å². The van der Waals surface area contributed by atoms with Gasteiger partial charge in [0.2, 0.25) is 0 Å². The van der Waals surface area contributed by atoms with Crippen LogP contribution in [0.2, 0.25) is 0 Å². The van der Waals surface area contributed by atoms with Crippen LogP contribution in [0.5, 0.6) is 0 Å². The van der Waals surface area contributed by atoms with Crippen molar-refractivity contribution in [3.8, 4) is 0 Å². The van der Waals surface area contributed by atoms with E-state index in [1.165, 1.54) is 17.3 Å². The van der Waals surface area contributed by atoms with E-state index in [4.69, 9.17) is 0 Å². The number of carbonyl (C=O) groups is 1. The van der Waals surface area contributed by atoms with Crippen LogP contribution in [0.25, 0.3) is 10.8 Å². The summed E-state index contributed by atoms with van der Waals surface area (Å²) in [7, 11) is 0. The fourth-order valence-electron chi connectivity index (χ4n) is 3.68. The number of H-pyrrole nitrogens is 1. The van der Waals surface area contributed by atoms with Crippen LogP contribution in [-0.4, -0.2) is 17.4 Å². The molecule has 0 radical (unpaired) electrons. The van der Waals surface area contributed by atoms with Crippen LogP contribution in [0.15, 0.2) is 59.5 Å². The van der Waals surface area contributed by atoms with Crippen molar-refractivity contribution in [2.24, 2.45) is 5.92 Å². The van der Waals surface area contributed by atoms with Crippen molar-refractivity contribution in [3.63, 3.8) is 0 Å². The highest BCUT2D eigenvalue weighted by Crippen LogP contribution is 2.25. The summed E-state index contributed by atoms with van der Waals surface area (Å²) in [5.74, 6) is 0.319. The van der Waals surface area contributed by atoms with Gasteiger partial charge in [0.05, 0.1) is 5.56 Å². The molecule has 4 nitrogen and oxygen atoms in total. The lowest BCUT2D eigenvalue weighted by atomic mass is 9.84. The number of fused-ring (bicyclic) bond motifs is 2. The van der Waals surface area contributed by atoms with Crippen molar-refractivity contribution < 1.29 is 4.79 Å². The molecule has 1 amide bonds. The second-order valence-corrected chi connectivity index (χ2v) is 6.66. The standard InChI is InChI=1S/C21H20N2O2/c24-20-18-8-4-3-7-17(18)19(13-23-20)21(25)22-12-14-9-10-15-5-1-2-6-16(15)11-14/h1-8,13-14H,9-12H2,(H,22,25)(H,23,24). The van der Waals surface area contributed by atoms with E-state index in [-0.39, 0.29) is 11.5 Å². The number of carbonyl (C=O) groups excluding carboxylic acids is 1. The smallest absolute Gasteiger partial charge is 0.255 e. The number of aromatic amines is 1. The van der Waals surface area contributed by atoms with Crippen molar-refractivity contribution >= 4 is 16.7 Å². The Morgan fingerprint density at radius 3 is 2.60 bits per heavy atom. The third-order valence-corrected chi connectivity index (χ3v) is 5.05. The Bertz CT molecular complexity index is 990. The number of amides is 1. The summed E-state index contributed by atoms with van der Waals surface area (Å²) >= 11 is 0. The van der Waals surface area contributed by atoms with Crippen molar-refractivity contribution in [2.75, 3.05) is 6.54 Å². The van der Waals surface area contributed by atoms with Crippen molar-refractivity contribution in [1.29, 1.82) is 0 Å². The maximum atomic E-state index is 12.6. The van der Waals surface area contributed by atoms with Gasteiger partial charge in [0.25, 0.3) is 11.5 Å². The van der Waals surface area contributed by atoms with Crippen molar-refractivity contribution in [3.05, 3.63) is 81.8 Å². The summed E-state index contributed by atoms with van der Waals surface area (Å²) in [5, 5.41) is 4.29. The lowest BCUT2D eigenvalue weighted by Crippen LogP contribution is -2.32. The zero-order valence-electron chi connectivity index (χ0n) is 13.9. The highest BCUT2D eigenvalue weighted by atomic mass is 16.1. The second-order valence-electron chi connectivity index (χ2n) is 6.66. The molecule has 1 atom stereocenters. The van der Waals surface area contributed by atoms with Gasteiger partial charge in [-0.3, -0.25) is 9.59 Å². The van der Waals surface area contributed by atoms with Crippen molar-refractivity contribution in [2.45, 2.75) is 19.3 Å². The van der Waals surface area contributed by atoms with E-state index in [1.807, 2.05) is 12.1 Å². The Balaban J connectivity index is 1.49. The van der Waals surface area contributed by atoms with Crippen LogP contribution in [0.3, 0.4) is 0 Å². The van der Waals surface area contributed by atoms with Crippen LogP contribution in [0, 0.1) is 5.92 Å². The SMILES string of the molecule is O=C(NCC1CCc2ccccc2C1)c1c[nH]c(=O)c2ccccc12. The van der Waals surface area contributed by atoms with E-state index in [2.05, 4.69) is 34.6 Å². The predicted molar refractivity (Wildman–Crippen MR) is 98.9 cm³/mol. The first-order valence-corrected chi connectivity index (χ1v) is 8.68. The maximum Gasteiger partial charge on any atom is 0.255 e. The van der Waals surface area contributed by atoms with Gasteiger partial charge in [-0.15, -0.1) is 0 Å². The molecule has 2 N–H and O–H groups in total. The van der Waals surface area contributed by atoms with E-state index in [0.717, 1.165) is 19.3 Å². The molecule has 1 heterocycles. The summed E-state index contributed by atoms with van der Waals surface area (Å²) in [4.78, 5) is 27.2. The van der Waals surface area contributed by atoms with Gasteiger partial charge in [0, 0.05) is 23.5 Å². The van der Waals surface area contributed by atoms with E-state index in [0.29, 0.717) is 28.8 Å². The molecule has 0 aliphatic heterocycles. The number of hydrogen-bond acceptors (Lipinski definition) is 2. The third kappa shape index (κ3) is 3.07. The fourth-order valence-corrected chi connectivity index (χ4v) is 3.68. The number of pyridine rings is 1. The lowest BCUT2D eigenvalue weighted by Gasteiger charge is -2.24. The molecule has 4 heteroatoms. The lowest BCUT2D eigenvalue weighted by molar-refractivity contribution is 0.0947. The Morgan fingerprint density at radius 1 is 1.04 bits per heavy atom. The molecular formula is C21H20N2O2. The Hall–Kier alpha value is -2.88. The minimum Gasteiger partial charge on any atom is -0.352 e. The second kappa shape index (κ2) is 6.55. The molecule has 126 valence electrons.